The molecule has 0 amide bonds. The first-order chi connectivity index (χ1) is 7.30. The van der Waals surface area contributed by atoms with Crippen molar-refractivity contribution in [2.75, 3.05) is 14.2 Å². The van der Waals surface area contributed by atoms with Crippen LogP contribution < -0.4 is 9.47 Å². The van der Waals surface area contributed by atoms with Crippen LogP contribution in [0.5, 0.6) is 11.5 Å². The van der Waals surface area contributed by atoms with E-state index >= 15 is 0 Å². The Balaban J connectivity index is 2.32. The molecule has 0 bridgehead atoms. The lowest BCUT2D eigenvalue weighted by Gasteiger charge is -2.09. The van der Waals surface area contributed by atoms with Crippen LogP contribution in [0.3, 0.4) is 0 Å². The van der Waals surface area contributed by atoms with Gasteiger partial charge in [0.2, 0.25) is 0 Å². The molecule has 3 nitrogen and oxygen atoms in total. The van der Waals surface area contributed by atoms with Gasteiger partial charge in [0.15, 0.2) is 0 Å². The van der Waals surface area contributed by atoms with Crippen molar-refractivity contribution < 1.29 is 9.47 Å². The van der Waals surface area contributed by atoms with Crippen LogP contribution >= 0.6 is 0 Å². The summed E-state index contributed by atoms with van der Waals surface area (Å²) in [7, 11) is 3.29. The molecule has 0 heterocycles. The summed E-state index contributed by atoms with van der Waals surface area (Å²) in [6, 6.07) is 8.00. The zero-order valence-corrected chi connectivity index (χ0v) is 8.86. The summed E-state index contributed by atoms with van der Waals surface area (Å²) < 4.78 is 10.4. The normalized spacial score (nSPS) is 23.0. The maximum absolute atomic E-state index is 8.81. The molecule has 1 fully saturated rings. The first-order valence-electron chi connectivity index (χ1n) is 4.91. The Morgan fingerprint density at radius 3 is 2.67 bits per heavy atom. The lowest BCUT2D eigenvalue weighted by atomic mass is 10.1. The molecule has 2 atom stereocenters. The molecule has 78 valence electrons. The summed E-state index contributed by atoms with van der Waals surface area (Å²) in [5.41, 5.74) is 1.09. The zero-order valence-electron chi connectivity index (χ0n) is 8.86. The number of benzene rings is 1. The van der Waals surface area contributed by atoms with Crippen LogP contribution in [0.1, 0.15) is 17.9 Å². The molecule has 1 aromatic carbocycles. The van der Waals surface area contributed by atoms with Crippen LogP contribution in [0, 0.1) is 17.2 Å². The molecule has 0 aliphatic heterocycles. The third-order valence-electron chi connectivity index (χ3n) is 2.79. The maximum atomic E-state index is 8.81. The van der Waals surface area contributed by atoms with Crippen molar-refractivity contribution in [3.8, 4) is 17.6 Å². The van der Waals surface area contributed by atoms with Crippen LogP contribution in [0.25, 0.3) is 0 Å². The highest BCUT2D eigenvalue weighted by atomic mass is 16.5. The van der Waals surface area contributed by atoms with Crippen molar-refractivity contribution in [1.82, 2.24) is 0 Å². The van der Waals surface area contributed by atoms with E-state index in [0.717, 1.165) is 23.5 Å². The summed E-state index contributed by atoms with van der Waals surface area (Å²) >= 11 is 0. The molecule has 1 aliphatic rings. The average Bonchev–Trinajstić information content (AvgIpc) is 3.07. The number of hydrogen-bond acceptors (Lipinski definition) is 3. The topological polar surface area (TPSA) is 42.2 Å². The highest BCUT2D eigenvalue weighted by Crippen LogP contribution is 2.50. The Bertz CT molecular complexity index is 409. The Morgan fingerprint density at radius 1 is 1.33 bits per heavy atom. The molecule has 1 aliphatic carbocycles. The zero-order chi connectivity index (χ0) is 10.8. The van der Waals surface area contributed by atoms with E-state index < -0.39 is 0 Å². The number of ether oxygens (including phenoxy) is 2. The summed E-state index contributed by atoms with van der Waals surface area (Å²) in [5, 5.41) is 8.81. The van der Waals surface area contributed by atoms with Crippen molar-refractivity contribution in [3.63, 3.8) is 0 Å². The summed E-state index contributed by atoms with van der Waals surface area (Å²) in [5.74, 6) is 2.12. The SMILES string of the molecule is COc1ccc(OC)c(C2CC2C#N)c1. The second-order valence-corrected chi connectivity index (χ2v) is 3.69. The molecule has 2 rings (SSSR count). The van der Waals surface area contributed by atoms with Crippen molar-refractivity contribution in [1.29, 1.82) is 5.26 Å². The smallest absolute Gasteiger partial charge is 0.122 e. The van der Waals surface area contributed by atoms with Crippen LogP contribution in [0.15, 0.2) is 18.2 Å². The number of methoxy groups -OCH3 is 2. The minimum atomic E-state index is 0.144. The molecule has 3 heteroatoms. The second-order valence-electron chi connectivity index (χ2n) is 3.69. The van der Waals surface area contributed by atoms with E-state index in [9.17, 15) is 0 Å². The highest BCUT2D eigenvalue weighted by Gasteiger charge is 2.40. The van der Waals surface area contributed by atoms with Gasteiger partial charge >= 0.3 is 0 Å². The van der Waals surface area contributed by atoms with Crippen molar-refractivity contribution in [2.24, 2.45) is 5.92 Å². The molecule has 0 aromatic heterocycles. The highest BCUT2D eigenvalue weighted by molar-refractivity contribution is 5.45. The minimum Gasteiger partial charge on any atom is -0.497 e. The van der Waals surface area contributed by atoms with E-state index in [0.29, 0.717) is 5.92 Å². The number of rotatable bonds is 3. The molecule has 15 heavy (non-hydrogen) atoms. The fourth-order valence-electron chi connectivity index (χ4n) is 1.81. The van der Waals surface area contributed by atoms with Crippen LogP contribution in [0.2, 0.25) is 0 Å². The molecular weight excluding hydrogens is 190 g/mol. The number of nitriles is 1. The lowest BCUT2D eigenvalue weighted by Crippen LogP contribution is -1.92. The van der Waals surface area contributed by atoms with Gasteiger partial charge in [-0.3, -0.25) is 0 Å². The predicted octanol–water partition coefficient (Wildman–Crippen LogP) is 2.33. The van der Waals surface area contributed by atoms with E-state index in [1.54, 1.807) is 14.2 Å². The van der Waals surface area contributed by atoms with E-state index in [-0.39, 0.29) is 5.92 Å². The van der Waals surface area contributed by atoms with E-state index in [1.165, 1.54) is 0 Å². The summed E-state index contributed by atoms with van der Waals surface area (Å²) in [6.45, 7) is 0. The maximum Gasteiger partial charge on any atom is 0.122 e. The minimum absolute atomic E-state index is 0.144. The fraction of sp³-hybridized carbons (Fsp3) is 0.417. The van der Waals surface area contributed by atoms with Gasteiger partial charge in [-0.25, -0.2) is 0 Å². The van der Waals surface area contributed by atoms with Gasteiger partial charge in [0.1, 0.15) is 11.5 Å². The van der Waals surface area contributed by atoms with E-state index in [2.05, 4.69) is 6.07 Å². The molecule has 0 radical (unpaired) electrons. The fourth-order valence-corrected chi connectivity index (χ4v) is 1.81. The molecule has 0 N–H and O–H groups in total. The van der Waals surface area contributed by atoms with Gasteiger partial charge in [-0.2, -0.15) is 5.26 Å². The quantitative estimate of drug-likeness (QED) is 0.757. The number of hydrogen-bond donors (Lipinski definition) is 0. The van der Waals surface area contributed by atoms with Crippen molar-refractivity contribution in [3.05, 3.63) is 23.8 Å². The largest absolute Gasteiger partial charge is 0.497 e. The Kier molecular flexibility index (Phi) is 2.51. The standard InChI is InChI=1S/C12H13NO2/c1-14-9-3-4-12(15-2)11(6-9)10-5-8(10)7-13/h3-4,6,8,10H,5H2,1-2H3. The Morgan fingerprint density at radius 2 is 2.13 bits per heavy atom. The molecule has 1 aromatic rings. The molecule has 1 saturated carbocycles. The summed E-state index contributed by atoms with van der Waals surface area (Å²) in [4.78, 5) is 0. The number of nitrogens with zero attached hydrogens (tertiary/aromatic N) is 1. The van der Waals surface area contributed by atoms with Crippen LogP contribution in [-0.4, -0.2) is 14.2 Å². The van der Waals surface area contributed by atoms with Crippen molar-refractivity contribution >= 4 is 0 Å². The van der Waals surface area contributed by atoms with E-state index in [4.69, 9.17) is 14.7 Å². The van der Waals surface area contributed by atoms with Gasteiger partial charge in [0.05, 0.1) is 26.2 Å². The van der Waals surface area contributed by atoms with Gasteiger partial charge in [-0.05, 0) is 24.6 Å². The van der Waals surface area contributed by atoms with Gasteiger partial charge in [0, 0.05) is 11.5 Å². The van der Waals surface area contributed by atoms with Crippen LogP contribution in [0.4, 0.5) is 0 Å². The van der Waals surface area contributed by atoms with E-state index in [1.807, 2.05) is 18.2 Å². The molecule has 2 unspecified atom stereocenters. The Hall–Kier alpha value is -1.69. The Labute approximate surface area is 89.2 Å². The monoisotopic (exact) mass is 203 g/mol. The van der Waals surface area contributed by atoms with Gasteiger partial charge in [0.25, 0.3) is 0 Å². The molecule has 0 spiro atoms. The third-order valence-corrected chi connectivity index (χ3v) is 2.79. The van der Waals surface area contributed by atoms with Gasteiger partial charge < -0.3 is 9.47 Å². The predicted molar refractivity (Wildman–Crippen MR) is 56.0 cm³/mol. The summed E-state index contributed by atoms with van der Waals surface area (Å²) in [6.07, 6.45) is 0.931. The molecule has 0 saturated heterocycles. The first kappa shape index (κ1) is 9.85. The first-order valence-corrected chi connectivity index (χ1v) is 4.91. The van der Waals surface area contributed by atoms with Crippen LogP contribution in [-0.2, 0) is 0 Å². The second kappa shape index (κ2) is 3.82. The average molecular weight is 203 g/mol. The van der Waals surface area contributed by atoms with Gasteiger partial charge in [-0.15, -0.1) is 0 Å². The van der Waals surface area contributed by atoms with Crippen molar-refractivity contribution in [2.45, 2.75) is 12.3 Å². The lowest BCUT2D eigenvalue weighted by molar-refractivity contribution is 0.398. The van der Waals surface area contributed by atoms with Gasteiger partial charge in [-0.1, -0.05) is 0 Å². The molecular formula is C12H13NO2. The third kappa shape index (κ3) is 1.75.